The number of benzene rings is 4. The monoisotopic (exact) mass is 817 g/mol. The number of pyridine rings is 2. The molecule has 308 valence electrons. The number of hydrogen-bond donors (Lipinski definition) is 1. The number of aryl methyl sites for hydroxylation is 1. The molecule has 1 N–H and O–H groups in total. The lowest BCUT2D eigenvalue weighted by Gasteiger charge is -2.42. The molecule has 0 bridgehead atoms. The zero-order valence-electron chi connectivity index (χ0n) is 34.3. The predicted octanol–water partition coefficient (Wildman–Crippen LogP) is 7.97. The summed E-state index contributed by atoms with van der Waals surface area (Å²) in [5.41, 5.74) is 2.71. The standard InChI is InChI=1S/C49H45F2N7O3/c1-30(2)42-44(31(3)23-24-52-42)58-46-36(27-38(51)43(53-46)41-37(50)21-14-22-40(41)59)45(54-48(58)61)56-26-25-55(28-32(56)4)47(60)39-29-57(39)49(33-15-8-5-9-16-33,34-17-10-6-11-18-34)35-19-12-7-13-20-35/h5-24,27,30,32,39,59H,25-26,28-29H2,1-4H3. The molecule has 2 aliphatic rings. The molecule has 7 aromatic rings. The summed E-state index contributed by atoms with van der Waals surface area (Å²) in [7, 11) is 0. The third kappa shape index (κ3) is 6.71. The summed E-state index contributed by atoms with van der Waals surface area (Å²) >= 11 is 0. The second kappa shape index (κ2) is 15.7. The molecule has 0 spiro atoms. The lowest BCUT2D eigenvalue weighted by atomic mass is 9.76. The van der Waals surface area contributed by atoms with Crippen molar-refractivity contribution in [3.63, 3.8) is 0 Å². The summed E-state index contributed by atoms with van der Waals surface area (Å²) in [5, 5.41) is 10.9. The van der Waals surface area contributed by atoms with Crippen LogP contribution < -0.4 is 10.6 Å². The smallest absolute Gasteiger partial charge is 0.355 e. The summed E-state index contributed by atoms with van der Waals surface area (Å²) in [6.07, 6.45) is 1.66. The van der Waals surface area contributed by atoms with E-state index >= 15 is 8.78 Å². The van der Waals surface area contributed by atoms with Crippen LogP contribution in [0.3, 0.4) is 0 Å². The molecule has 12 heteroatoms. The van der Waals surface area contributed by atoms with Crippen LogP contribution in [0.5, 0.6) is 5.75 Å². The number of carbonyl (C=O) groups is 1. The Morgan fingerprint density at radius 2 is 1.43 bits per heavy atom. The Bertz CT molecular complexity index is 2720. The van der Waals surface area contributed by atoms with Crippen LogP contribution >= 0.6 is 0 Å². The minimum absolute atomic E-state index is 0.00205. The van der Waals surface area contributed by atoms with Crippen LogP contribution in [-0.4, -0.2) is 78.6 Å². The van der Waals surface area contributed by atoms with Gasteiger partial charge in [0.05, 0.1) is 27.9 Å². The number of nitrogens with zero attached hydrogens (tertiary/aromatic N) is 7. The Balaban J connectivity index is 1.09. The van der Waals surface area contributed by atoms with Crippen molar-refractivity contribution in [2.45, 2.75) is 51.2 Å². The lowest BCUT2D eigenvalue weighted by molar-refractivity contribution is -0.132. The van der Waals surface area contributed by atoms with E-state index in [1.165, 1.54) is 22.8 Å². The number of anilines is 1. The zero-order chi connectivity index (χ0) is 42.6. The first-order chi connectivity index (χ1) is 29.5. The third-order valence-electron chi connectivity index (χ3n) is 12.1. The van der Waals surface area contributed by atoms with Gasteiger partial charge < -0.3 is 14.9 Å². The molecule has 9 rings (SSSR count). The minimum Gasteiger partial charge on any atom is -0.507 e. The summed E-state index contributed by atoms with van der Waals surface area (Å²) in [4.78, 5) is 48.9. The van der Waals surface area contributed by atoms with E-state index in [0.29, 0.717) is 43.1 Å². The first-order valence-corrected chi connectivity index (χ1v) is 20.6. The largest absolute Gasteiger partial charge is 0.507 e. The molecule has 3 atom stereocenters. The van der Waals surface area contributed by atoms with Crippen LogP contribution in [0, 0.1) is 18.6 Å². The molecule has 10 nitrogen and oxygen atoms in total. The number of aromatic nitrogens is 4. The van der Waals surface area contributed by atoms with Gasteiger partial charge in [-0.2, -0.15) is 4.98 Å². The highest BCUT2D eigenvalue weighted by Crippen LogP contribution is 2.49. The molecule has 0 aliphatic carbocycles. The highest BCUT2D eigenvalue weighted by atomic mass is 19.1. The summed E-state index contributed by atoms with van der Waals surface area (Å²) < 4.78 is 32.9. The Kier molecular flexibility index (Phi) is 10.2. The second-order valence-electron chi connectivity index (χ2n) is 16.2. The topological polar surface area (TPSA) is 107 Å². The Morgan fingerprint density at radius 3 is 2.00 bits per heavy atom. The molecule has 2 fully saturated rings. The van der Waals surface area contributed by atoms with Crippen LogP contribution in [0.15, 0.2) is 132 Å². The number of rotatable bonds is 9. The van der Waals surface area contributed by atoms with Crippen molar-refractivity contribution in [2.24, 2.45) is 0 Å². The van der Waals surface area contributed by atoms with E-state index in [9.17, 15) is 14.7 Å². The number of aromatic hydroxyl groups is 1. The quantitative estimate of drug-likeness (QED) is 0.116. The summed E-state index contributed by atoms with van der Waals surface area (Å²) in [6, 6.07) is 36.8. The number of amides is 1. The van der Waals surface area contributed by atoms with Crippen LogP contribution in [0.1, 0.15) is 54.6 Å². The lowest BCUT2D eigenvalue weighted by Crippen LogP contribution is -2.56. The average Bonchev–Trinajstić information content (AvgIpc) is 4.06. The highest BCUT2D eigenvalue weighted by molar-refractivity contribution is 5.91. The van der Waals surface area contributed by atoms with Crippen LogP contribution in [0.25, 0.3) is 28.0 Å². The molecule has 1 amide bonds. The molecule has 5 heterocycles. The van der Waals surface area contributed by atoms with E-state index < -0.39 is 45.9 Å². The van der Waals surface area contributed by atoms with Gasteiger partial charge in [-0.05, 0) is 66.3 Å². The van der Waals surface area contributed by atoms with Gasteiger partial charge in [-0.25, -0.2) is 23.1 Å². The zero-order valence-corrected chi connectivity index (χ0v) is 34.3. The van der Waals surface area contributed by atoms with Gasteiger partial charge in [0.2, 0.25) is 5.91 Å². The number of piperazine rings is 1. The second-order valence-corrected chi connectivity index (χ2v) is 16.2. The summed E-state index contributed by atoms with van der Waals surface area (Å²) in [6.45, 7) is 9.18. The van der Waals surface area contributed by atoms with Gasteiger partial charge >= 0.3 is 5.69 Å². The van der Waals surface area contributed by atoms with Gasteiger partial charge in [0, 0.05) is 38.4 Å². The number of phenols is 1. The number of phenolic OH excluding ortho intramolecular Hbond substituents is 1. The Morgan fingerprint density at radius 1 is 0.803 bits per heavy atom. The van der Waals surface area contributed by atoms with Gasteiger partial charge in [-0.15, -0.1) is 0 Å². The molecule has 0 radical (unpaired) electrons. The van der Waals surface area contributed by atoms with E-state index in [-0.39, 0.29) is 34.7 Å². The van der Waals surface area contributed by atoms with Crippen molar-refractivity contribution >= 4 is 22.8 Å². The van der Waals surface area contributed by atoms with Crippen molar-refractivity contribution in [3.8, 4) is 22.7 Å². The molecule has 0 saturated carbocycles. The van der Waals surface area contributed by atoms with E-state index in [1.807, 2.05) is 92.1 Å². The maximum absolute atomic E-state index is 16.4. The molecular formula is C49H45F2N7O3. The fourth-order valence-corrected chi connectivity index (χ4v) is 9.17. The van der Waals surface area contributed by atoms with Gasteiger partial charge in [0.1, 0.15) is 29.1 Å². The predicted molar refractivity (Wildman–Crippen MR) is 232 cm³/mol. The van der Waals surface area contributed by atoms with E-state index in [0.717, 1.165) is 22.8 Å². The maximum Gasteiger partial charge on any atom is 0.355 e. The van der Waals surface area contributed by atoms with Gasteiger partial charge in [-0.3, -0.25) is 14.7 Å². The molecule has 2 saturated heterocycles. The number of carbonyl (C=O) groups excluding carboxylic acids is 1. The van der Waals surface area contributed by atoms with Crippen molar-refractivity contribution in [1.29, 1.82) is 0 Å². The molecule has 3 aromatic heterocycles. The van der Waals surface area contributed by atoms with Crippen molar-refractivity contribution < 1.29 is 18.7 Å². The number of hydrogen-bond acceptors (Lipinski definition) is 8. The highest BCUT2D eigenvalue weighted by Gasteiger charge is 2.57. The normalized spacial score (nSPS) is 17.9. The Labute approximate surface area is 352 Å². The molecule has 3 unspecified atom stereocenters. The summed E-state index contributed by atoms with van der Waals surface area (Å²) in [5.74, 6) is -2.18. The average molecular weight is 818 g/mol. The maximum atomic E-state index is 16.4. The van der Waals surface area contributed by atoms with E-state index in [2.05, 4.69) is 56.3 Å². The third-order valence-corrected chi connectivity index (χ3v) is 12.1. The first kappa shape index (κ1) is 39.7. The van der Waals surface area contributed by atoms with Crippen LogP contribution in [0.4, 0.5) is 14.6 Å². The van der Waals surface area contributed by atoms with Gasteiger partial charge in [0.25, 0.3) is 0 Å². The molecule has 2 aliphatic heterocycles. The fourth-order valence-electron chi connectivity index (χ4n) is 9.17. The van der Waals surface area contributed by atoms with Gasteiger partial charge in [0.15, 0.2) is 11.5 Å². The van der Waals surface area contributed by atoms with E-state index in [1.54, 1.807) is 12.3 Å². The number of fused-ring (bicyclic) bond motifs is 1. The Hall–Kier alpha value is -6.79. The van der Waals surface area contributed by atoms with Crippen molar-refractivity contribution in [2.75, 3.05) is 31.1 Å². The molecule has 61 heavy (non-hydrogen) atoms. The van der Waals surface area contributed by atoms with Crippen LogP contribution in [-0.2, 0) is 10.3 Å². The minimum atomic E-state index is -0.901. The molecular weight excluding hydrogens is 773 g/mol. The van der Waals surface area contributed by atoms with Crippen molar-refractivity contribution in [3.05, 3.63) is 178 Å². The van der Waals surface area contributed by atoms with Crippen molar-refractivity contribution in [1.82, 2.24) is 29.3 Å². The van der Waals surface area contributed by atoms with Gasteiger partial charge in [-0.1, -0.05) is 111 Å². The SMILES string of the molecule is Cc1ccnc(C(C)C)c1-n1c(=O)nc(N2CCN(C(=O)C3CN3C(c3ccccc3)(c3ccccc3)c3ccccc3)CC2C)c2cc(F)c(-c3c(O)cccc3F)nc21. The first-order valence-electron chi connectivity index (χ1n) is 20.6. The molecule has 4 aromatic carbocycles. The number of halogens is 2. The van der Waals surface area contributed by atoms with E-state index in [4.69, 9.17) is 0 Å². The fraction of sp³-hybridized carbons (Fsp3) is 0.245. The van der Waals surface area contributed by atoms with Crippen LogP contribution in [0.2, 0.25) is 0 Å².